The molecule has 3 heterocycles. The number of aromatic nitrogens is 2. The van der Waals surface area contributed by atoms with Gasteiger partial charge in [-0.25, -0.2) is 9.78 Å². The first-order valence-electron chi connectivity index (χ1n) is 6.74. The molecule has 0 amide bonds. The van der Waals surface area contributed by atoms with Crippen LogP contribution >= 0.6 is 0 Å². The van der Waals surface area contributed by atoms with Crippen molar-refractivity contribution in [2.45, 2.75) is 6.54 Å². The summed E-state index contributed by atoms with van der Waals surface area (Å²) in [5.74, 6) is -0.987. The molecule has 2 aromatic heterocycles. The number of fused-ring (bicyclic) bond motifs is 1. The zero-order valence-electron chi connectivity index (χ0n) is 11.5. The Kier molecular flexibility index (Phi) is 3.42. The van der Waals surface area contributed by atoms with Gasteiger partial charge < -0.3 is 14.4 Å². The number of hydrogen-bond acceptors (Lipinski definition) is 4. The summed E-state index contributed by atoms with van der Waals surface area (Å²) in [6, 6.07) is 5.79. The molecule has 1 fully saturated rings. The fourth-order valence-electron chi connectivity index (χ4n) is 2.53. The van der Waals surface area contributed by atoms with E-state index in [-0.39, 0.29) is 5.69 Å². The van der Waals surface area contributed by atoms with Gasteiger partial charge in [0.25, 0.3) is 0 Å². The molecule has 0 unspecified atom stereocenters. The third kappa shape index (κ3) is 2.52. The summed E-state index contributed by atoms with van der Waals surface area (Å²) in [4.78, 5) is 19.8. The second-order valence-corrected chi connectivity index (χ2v) is 5.26. The lowest BCUT2D eigenvalue weighted by atomic mass is 10.2. The van der Waals surface area contributed by atoms with Gasteiger partial charge >= 0.3 is 5.97 Å². The minimum atomic E-state index is -0.987. The van der Waals surface area contributed by atoms with Gasteiger partial charge in [0.15, 0.2) is 5.69 Å². The monoisotopic (exact) mass is 274 g/mol. The number of carboxylic acids is 1. The summed E-state index contributed by atoms with van der Waals surface area (Å²) in [7, 11) is 2.13. The second-order valence-electron chi connectivity index (χ2n) is 5.26. The SMILES string of the molecule is CN1CCN(Cc2cccc3nc(C(=O)O)cn23)CC1. The third-order valence-electron chi connectivity index (χ3n) is 3.78. The summed E-state index contributed by atoms with van der Waals surface area (Å²) in [5.41, 5.74) is 1.86. The number of carboxylic acid groups (broad SMARTS) is 1. The van der Waals surface area contributed by atoms with E-state index in [4.69, 9.17) is 5.11 Å². The number of pyridine rings is 1. The summed E-state index contributed by atoms with van der Waals surface area (Å²) in [6.07, 6.45) is 1.60. The standard InChI is InChI=1S/C14H18N4O2/c1-16-5-7-17(8-6-16)9-11-3-2-4-13-15-12(14(19)20)10-18(11)13/h2-4,10H,5-9H2,1H3,(H,19,20). The van der Waals surface area contributed by atoms with Gasteiger partial charge in [-0.2, -0.15) is 0 Å². The summed E-state index contributed by atoms with van der Waals surface area (Å²) >= 11 is 0. The molecule has 0 aromatic carbocycles. The molecule has 0 aliphatic carbocycles. The number of likely N-dealkylation sites (N-methyl/N-ethyl adjacent to an activating group) is 1. The average Bonchev–Trinajstić information content (AvgIpc) is 2.87. The third-order valence-corrected chi connectivity index (χ3v) is 3.78. The maximum atomic E-state index is 11.0. The van der Waals surface area contributed by atoms with Crippen molar-refractivity contribution in [1.82, 2.24) is 19.2 Å². The van der Waals surface area contributed by atoms with E-state index in [1.54, 1.807) is 6.20 Å². The van der Waals surface area contributed by atoms with Crippen LogP contribution in [-0.4, -0.2) is 63.5 Å². The molecule has 0 bridgehead atoms. The van der Waals surface area contributed by atoms with Crippen LogP contribution < -0.4 is 0 Å². The zero-order chi connectivity index (χ0) is 14.1. The van der Waals surface area contributed by atoms with E-state index in [0.717, 1.165) is 38.4 Å². The van der Waals surface area contributed by atoms with Crippen LogP contribution in [0.1, 0.15) is 16.2 Å². The summed E-state index contributed by atoms with van der Waals surface area (Å²) < 4.78 is 1.88. The lowest BCUT2D eigenvalue weighted by Gasteiger charge is -2.32. The van der Waals surface area contributed by atoms with Gasteiger partial charge in [0.05, 0.1) is 0 Å². The molecule has 1 aliphatic rings. The van der Waals surface area contributed by atoms with E-state index < -0.39 is 5.97 Å². The smallest absolute Gasteiger partial charge is 0.356 e. The largest absolute Gasteiger partial charge is 0.476 e. The van der Waals surface area contributed by atoms with E-state index in [1.807, 2.05) is 22.6 Å². The highest BCUT2D eigenvalue weighted by molar-refractivity contribution is 5.86. The van der Waals surface area contributed by atoms with Crippen molar-refractivity contribution in [3.05, 3.63) is 35.8 Å². The highest BCUT2D eigenvalue weighted by Gasteiger charge is 2.16. The Morgan fingerprint density at radius 1 is 1.30 bits per heavy atom. The first kappa shape index (κ1) is 13.1. The summed E-state index contributed by atoms with van der Waals surface area (Å²) in [6.45, 7) is 5.03. The quantitative estimate of drug-likeness (QED) is 0.896. The van der Waals surface area contributed by atoms with E-state index in [9.17, 15) is 4.79 Å². The van der Waals surface area contributed by atoms with Crippen LogP contribution in [0, 0.1) is 0 Å². The van der Waals surface area contributed by atoms with Gasteiger partial charge in [0.2, 0.25) is 0 Å². The number of hydrogen-bond donors (Lipinski definition) is 1. The molecule has 1 aliphatic heterocycles. The molecule has 6 heteroatoms. The first-order valence-corrected chi connectivity index (χ1v) is 6.74. The number of aromatic carboxylic acids is 1. The van der Waals surface area contributed by atoms with Crippen LogP contribution in [0.5, 0.6) is 0 Å². The number of carbonyl (C=O) groups is 1. The maximum absolute atomic E-state index is 11.0. The second kappa shape index (κ2) is 5.22. The Labute approximate surface area is 117 Å². The topological polar surface area (TPSA) is 61.1 Å². The molecule has 106 valence electrons. The maximum Gasteiger partial charge on any atom is 0.356 e. The molecule has 0 saturated carbocycles. The van der Waals surface area contributed by atoms with Crippen molar-refractivity contribution in [3.63, 3.8) is 0 Å². The molecule has 0 radical (unpaired) electrons. The van der Waals surface area contributed by atoms with Crippen LogP contribution in [0.3, 0.4) is 0 Å². The van der Waals surface area contributed by atoms with E-state index in [0.29, 0.717) is 5.65 Å². The molecular weight excluding hydrogens is 256 g/mol. The molecule has 1 N–H and O–H groups in total. The predicted molar refractivity (Wildman–Crippen MR) is 74.9 cm³/mol. The van der Waals surface area contributed by atoms with Crippen molar-refractivity contribution < 1.29 is 9.90 Å². The molecule has 6 nitrogen and oxygen atoms in total. The average molecular weight is 274 g/mol. The number of imidazole rings is 1. The van der Waals surface area contributed by atoms with Crippen molar-refractivity contribution in [3.8, 4) is 0 Å². The zero-order valence-corrected chi connectivity index (χ0v) is 11.5. The van der Waals surface area contributed by atoms with Gasteiger partial charge in [-0.15, -0.1) is 0 Å². The Morgan fingerprint density at radius 2 is 2.05 bits per heavy atom. The minimum absolute atomic E-state index is 0.0934. The Bertz CT molecular complexity index is 629. The summed E-state index contributed by atoms with van der Waals surface area (Å²) in [5, 5.41) is 9.04. The van der Waals surface area contributed by atoms with Crippen LogP contribution in [0.2, 0.25) is 0 Å². The number of piperazine rings is 1. The van der Waals surface area contributed by atoms with Gasteiger partial charge in [-0.1, -0.05) is 6.07 Å². The van der Waals surface area contributed by atoms with Gasteiger partial charge in [-0.3, -0.25) is 4.90 Å². The van der Waals surface area contributed by atoms with Crippen molar-refractivity contribution in [2.75, 3.05) is 33.2 Å². The number of rotatable bonds is 3. The number of nitrogens with zero attached hydrogens (tertiary/aromatic N) is 4. The molecule has 2 aromatic rings. The van der Waals surface area contributed by atoms with Crippen molar-refractivity contribution >= 4 is 11.6 Å². The van der Waals surface area contributed by atoms with Crippen LogP contribution in [-0.2, 0) is 6.54 Å². The Morgan fingerprint density at radius 3 is 2.75 bits per heavy atom. The Balaban J connectivity index is 1.85. The lowest BCUT2D eigenvalue weighted by molar-refractivity contribution is 0.0691. The van der Waals surface area contributed by atoms with Gasteiger partial charge in [0, 0.05) is 44.6 Å². The van der Waals surface area contributed by atoms with Crippen LogP contribution in [0.4, 0.5) is 0 Å². The van der Waals surface area contributed by atoms with Crippen molar-refractivity contribution in [1.29, 1.82) is 0 Å². The molecule has 20 heavy (non-hydrogen) atoms. The van der Waals surface area contributed by atoms with E-state index in [1.165, 1.54) is 0 Å². The lowest BCUT2D eigenvalue weighted by Crippen LogP contribution is -2.44. The molecule has 1 saturated heterocycles. The van der Waals surface area contributed by atoms with E-state index >= 15 is 0 Å². The molecule has 0 spiro atoms. The van der Waals surface area contributed by atoms with Crippen LogP contribution in [0.15, 0.2) is 24.4 Å². The molecule has 0 atom stereocenters. The highest BCUT2D eigenvalue weighted by atomic mass is 16.4. The van der Waals surface area contributed by atoms with Crippen molar-refractivity contribution in [2.24, 2.45) is 0 Å². The molecule has 3 rings (SSSR count). The van der Waals surface area contributed by atoms with E-state index in [2.05, 4.69) is 21.8 Å². The Hall–Kier alpha value is -1.92. The molecular formula is C14H18N4O2. The van der Waals surface area contributed by atoms with Crippen LogP contribution in [0.25, 0.3) is 5.65 Å². The predicted octanol–water partition coefficient (Wildman–Crippen LogP) is 0.780. The first-order chi connectivity index (χ1) is 9.63. The minimum Gasteiger partial charge on any atom is -0.476 e. The highest BCUT2D eigenvalue weighted by Crippen LogP contribution is 2.12. The fraction of sp³-hybridized carbons (Fsp3) is 0.429. The fourth-order valence-corrected chi connectivity index (χ4v) is 2.53. The van der Waals surface area contributed by atoms with Gasteiger partial charge in [0.1, 0.15) is 5.65 Å². The normalized spacial score (nSPS) is 17.6. The van der Waals surface area contributed by atoms with Gasteiger partial charge in [-0.05, 0) is 19.2 Å².